The van der Waals surface area contributed by atoms with E-state index in [2.05, 4.69) is 26.8 Å². The molecule has 1 heterocycles. The van der Waals surface area contributed by atoms with E-state index >= 15 is 0 Å². The van der Waals surface area contributed by atoms with Crippen LogP contribution in [-0.4, -0.2) is 50.7 Å². The molecule has 0 bridgehead atoms. The maximum absolute atomic E-state index is 13.4. The number of nitrogens with zero attached hydrogens (tertiary/aromatic N) is 2. The molecule has 1 unspecified atom stereocenters. The van der Waals surface area contributed by atoms with Crippen molar-refractivity contribution in [2.45, 2.75) is 31.7 Å². The molecule has 6 heteroatoms. The molecule has 1 saturated heterocycles. The van der Waals surface area contributed by atoms with Crippen molar-refractivity contribution in [2.24, 2.45) is 4.99 Å². The highest BCUT2D eigenvalue weighted by molar-refractivity contribution is 7.98. The molecule has 0 saturated carbocycles. The molecule has 0 radical (unpaired) electrons. The van der Waals surface area contributed by atoms with Gasteiger partial charge in [-0.05, 0) is 55.9 Å². The average molecular weight is 353 g/mol. The van der Waals surface area contributed by atoms with Crippen molar-refractivity contribution in [2.75, 3.05) is 43.6 Å². The zero-order valence-corrected chi connectivity index (χ0v) is 15.5. The van der Waals surface area contributed by atoms with Crippen LogP contribution in [0.4, 0.5) is 10.1 Å². The summed E-state index contributed by atoms with van der Waals surface area (Å²) in [6.45, 7) is 2.79. The van der Waals surface area contributed by atoms with Gasteiger partial charge in [0, 0.05) is 38.4 Å². The number of halogens is 1. The molecule has 0 aliphatic carbocycles. The Bertz CT molecular complexity index is 523. The van der Waals surface area contributed by atoms with Crippen LogP contribution in [0.25, 0.3) is 0 Å². The summed E-state index contributed by atoms with van der Waals surface area (Å²) in [7, 11) is 1.81. The van der Waals surface area contributed by atoms with Gasteiger partial charge in [-0.15, -0.1) is 0 Å². The highest BCUT2D eigenvalue weighted by Crippen LogP contribution is 2.20. The lowest BCUT2D eigenvalue weighted by atomic mass is 10.0. The topological polar surface area (TPSA) is 39.7 Å². The lowest BCUT2D eigenvalue weighted by molar-refractivity contribution is 0.467. The first-order chi connectivity index (χ1) is 11.7. The van der Waals surface area contributed by atoms with Gasteiger partial charge in [-0.1, -0.05) is 6.07 Å². The molecule has 0 spiro atoms. The Morgan fingerprint density at radius 3 is 3.04 bits per heavy atom. The van der Waals surface area contributed by atoms with Crippen LogP contribution in [0, 0.1) is 5.82 Å². The monoisotopic (exact) mass is 352 g/mol. The lowest BCUT2D eigenvalue weighted by Crippen LogP contribution is -2.51. The van der Waals surface area contributed by atoms with Crippen LogP contribution in [0.3, 0.4) is 0 Å². The number of hydrogen-bond acceptors (Lipinski definition) is 3. The van der Waals surface area contributed by atoms with Gasteiger partial charge in [0.05, 0.1) is 0 Å². The van der Waals surface area contributed by atoms with Crippen molar-refractivity contribution in [3.8, 4) is 0 Å². The van der Waals surface area contributed by atoms with Gasteiger partial charge in [0.25, 0.3) is 0 Å². The maximum atomic E-state index is 13.4. The van der Waals surface area contributed by atoms with Crippen LogP contribution in [0.2, 0.25) is 0 Å². The van der Waals surface area contributed by atoms with Crippen LogP contribution < -0.4 is 15.5 Å². The molecular formula is C18H29FN4S. The quantitative estimate of drug-likeness (QED) is 0.449. The van der Waals surface area contributed by atoms with E-state index in [0.29, 0.717) is 6.04 Å². The molecule has 2 N–H and O–H groups in total. The van der Waals surface area contributed by atoms with Crippen molar-refractivity contribution >= 4 is 23.4 Å². The number of aliphatic imine (C=N–C) groups is 1. The van der Waals surface area contributed by atoms with E-state index in [1.807, 2.05) is 24.9 Å². The average Bonchev–Trinajstić information content (AvgIpc) is 2.61. The van der Waals surface area contributed by atoms with Gasteiger partial charge in [-0.3, -0.25) is 4.99 Å². The fourth-order valence-corrected chi connectivity index (χ4v) is 3.46. The number of rotatable bonds is 7. The molecule has 1 aromatic carbocycles. The van der Waals surface area contributed by atoms with E-state index in [9.17, 15) is 4.39 Å². The Hall–Kier alpha value is -1.43. The first-order valence-electron chi connectivity index (χ1n) is 8.69. The first-order valence-corrected chi connectivity index (χ1v) is 10.1. The minimum absolute atomic E-state index is 0.176. The van der Waals surface area contributed by atoms with E-state index in [1.54, 1.807) is 12.1 Å². The number of guanidine groups is 1. The predicted molar refractivity (Wildman–Crippen MR) is 104 cm³/mol. The van der Waals surface area contributed by atoms with Crippen LogP contribution in [0.15, 0.2) is 29.3 Å². The fraction of sp³-hybridized carbons (Fsp3) is 0.611. The standard InChI is InChI=1S/C18H29FN4S/c1-20-18(21-10-3-4-12-24-2)22-16-8-6-11-23(14-16)17-9-5-7-15(19)13-17/h5,7,9,13,16H,3-4,6,8,10-12,14H2,1-2H3,(H2,20,21,22). The summed E-state index contributed by atoms with van der Waals surface area (Å²) < 4.78 is 13.4. The van der Waals surface area contributed by atoms with Crippen molar-refractivity contribution in [1.29, 1.82) is 0 Å². The fourth-order valence-electron chi connectivity index (χ4n) is 2.97. The predicted octanol–water partition coefficient (Wildman–Crippen LogP) is 3.10. The largest absolute Gasteiger partial charge is 0.369 e. The molecule has 2 rings (SSSR count). The summed E-state index contributed by atoms with van der Waals surface area (Å²) in [6, 6.07) is 7.19. The number of piperidine rings is 1. The highest BCUT2D eigenvalue weighted by atomic mass is 32.2. The van der Waals surface area contributed by atoms with E-state index in [-0.39, 0.29) is 5.82 Å². The van der Waals surface area contributed by atoms with Gasteiger partial charge < -0.3 is 15.5 Å². The molecule has 1 aromatic rings. The molecule has 1 aliphatic rings. The Balaban J connectivity index is 1.80. The zero-order valence-electron chi connectivity index (χ0n) is 14.7. The van der Waals surface area contributed by atoms with Crippen molar-refractivity contribution in [3.05, 3.63) is 30.1 Å². The Kier molecular flexibility index (Phi) is 8.22. The second-order valence-corrected chi connectivity index (χ2v) is 7.09. The number of benzene rings is 1. The van der Waals surface area contributed by atoms with Gasteiger partial charge in [-0.2, -0.15) is 11.8 Å². The number of hydrogen-bond donors (Lipinski definition) is 2. The molecule has 1 fully saturated rings. The van der Waals surface area contributed by atoms with Crippen molar-refractivity contribution in [1.82, 2.24) is 10.6 Å². The number of thioether (sulfide) groups is 1. The van der Waals surface area contributed by atoms with Gasteiger partial charge in [-0.25, -0.2) is 4.39 Å². The Morgan fingerprint density at radius 1 is 1.42 bits per heavy atom. The van der Waals surface area contributed by atoms with Gasteiger partial charge in [0.1, 0.15) is 5.82 Å². The third-order valence-electron chi connectivity index (χ3n) is 4.23. The number of unbranched alkanes of at least 4 members (excludes halogenated alkanes) is 1. The maximum Gasteiger partial charge on any atom is 0.191 e. The summed E-state index contributed by atoms with van der Waals surface area (Å²) >= 11 is 1.89. The van der Waals surface area contributed by atoms with Gasteiger partial charge in [0.2, 0.25) is 0 Å². The van der Waals surface area contributed by atoms with E-state index < -0.39 is 0 Å². The second kappa shape index (κ2) is 10.4. The zero-order chi connectivity index (χ0) is 17.2. The summed E-state index contributed by atoms with van der Waals surface area (Å²) in [5.41, 5.74) is 0.960. The third kappa shape index (κ3) is 6.23. The molecule has 1 aliphatic heterocycles. The van der Waals surface area contributed by atoms with Crippen LogP contribution in [0.5, 0.6) is 0 Å². The number of anilines is 1. The molecule has 134 valence electrons. The molecule has 24 heavy (non-hydrogen) atoms. The van der Waals surface area contributed by atoms with E-state index in [0.717, 1.165) is 50.5 Å². The summed E-state index contributed by atoms with van der Waals surface area (Å²) in [5.74, 6) is 1.90. The van der Waals surface area contributed by atoms with Crippen molar-refractivity contribution < 1.29 is 4.39 Å². The third-order valence-corrected chi connectivity index (χ3v) is 4.92. The minimum Gasteiger partial charge on any atom is -0.369 e. The first kappa shape index (κ1) is 18.9. The normalized spacial score (nSPS) is 18.5. The SMILES string of the molecule is CN=C(NCCCCSC)NC1CCCN(c2cccc(F)c2)C1. The smallest absolute Gasteiger partial charge is 0.191 e. The Labute approximate surface area is 149 Å². The van der Waals surface area contributed by atoms with Crippen LogP contribution in [-0.2, 0) is 0 Å². The summed E-state index contributed by atoms with van der Waals surface area (Å²) in [6.07, 6.45) is 6.72. The van der Waals surface area contributed by atoms with E-state index in [4.69, 9.17) is 0 Å². The summed E-state index contributed by atoms with van der Waals surface area (Å²) in [4.78, 5) is 6.57. The highest BCUT2D eigenvalue weighted by Gasteiger charge is 2.21. The minimum atomic E-state index is -0.176. The number of nitrogens with one attached hydrogen (secondary N) is 2. The molecule has 0 amide bonds. The second-order valence-electron chi connectivity index (χ2n) is 6.11. The molecule has 0 aromatic heterocycles. The van der Waals surface area contributed by atoms with E-state index in [1.165, 1.54) is 18.2 Å². The molecular weight excluding hydrogens is 323 g/mol. The Morgan fingerprint density at radius 2 is 2.29 bits per heavy atom. The van der Waals surface area contributed by atoms with Crippen LogP contribution in [0.1, 0.15) is 25.7 Å². The lowest BCUT2D eigenvalue weighted by Gasteiger charge is -2.35. The molecule has 4 nitrogen and oxygen atoms in total. The van der Waals surface area contributed by atoms with Crippen molar-refractivity contribution in [3.63, 3.8) is 0 Å². The van der Waals surface area contributed by atoms with Gasteiger partial charge in [0.15, 0.2) is 5.96 Å². The van der Waals surface area contributed by atoms with Crippen LogP contribution >= 0.6 is 11.8 Å². The summed E-state index contributed by atoms with van der Waals surface area (Å²) in [5, 5.41) is 6.90. The molecule has 1 atom stereocenters. The van der Waals surface area contributed by atoms with Gasteiger partial charge >= 0.3 is 0 Å².